The van der Waals surface area contributed by atoms with E-state index in [2.05, 4.69) is 10.3 Å². The number of anilines is 1. The second kappa shape index (κ2) is 8.87. The van der Waals surface area contributed by atoms with Gasteiger partial charge in [0.2, 0.25) is 5.91 Å². The Bertz CT molecular complexity index is 1080. The highest BCUT2D eigenvalue weighted by Gasteiger charge is 2.28. The number of hydrogen-bond acceptors (Lipinski definition) is 4. The summed E-state index contributed by atoms with van der Waals surface area (Å²) >= 11 is 0. The van der Waals surface area contributed by atoms with Crippen molar-refractivity contribution in [1.29, 1.82) is 0 Å². The first-order valence-electron chi connectivity index (χ1n) is 9.18. The van der Waals surface area contributed by atoms with Crippen molar-refractivity contribution in [3.8, 4) is 0 Å². The quantitative estimate of drug-likeness (QED) is 0.650. The Morgan fingerprint density at radius 1 is 1.03 bits per heavy atom. The number of rotatable bonds is 7. The van der Waals surface area contributed by atoms with E-state index in [0.717, 1.165) is 16.7 Å². The van der Waals surface area contributed by atoms with Gasteiger partial charge in [0.15, 0.2) is 0 Å². The van der Waals surface area contributed by atoms with Gasteiger partial charge in [-0.3, -0.25) is 14.1 Å². The number of nitrogens with zero attached hydrogens (tertiary/aromatic N) is 2. The SMILES string of the molecule is Cc1ccc(C)c(N(CC(=O)NCc2cccnc2)S(=O)(=O)c2ccccc2)c1. The molecule has 3 aromatic rings. The molecule has 2 aromatic carbocycles. The largest absolute Gasteiger partial charge is 0.350 e. The van der Waals surface area contributed by atoms with Crippen LogP contribution in [-0.4, -0.2) is 25.9 Å². The first-order chi connectivity index (χ1) is 13.9. The third-order valence-corrected chi connectivity index (χ3v) is 6.24. The third-order valence-electron chi connectivity index (χ3n) is 4.46. The molecule has 29 heavy (non-hydrogen) atoms. The molecule has 0 saturated carbocycles. The molecule has 0 spiro atoms. The van der Waals surface area contributed by atoms with Gasteiger partial charge in [0, 0.05) is 18.9 Å². The van der Waals surface area contributed by atoms with Gasteiger partial charge in [0.05, 0.1) is 10.6 Å². The van der Waals surface area contributed by atoms with Crippen LogP contribution in [0.1, 0.15) is 16.7 Å². The predicted molar refractivity (Wildman–Crippen MR) is 113 cm³/mol. The molecule has 0 atom stereocenters. The zero-order valence-corrected chi connectivity index (χ0v) is 17.2. The average molecular weight is 410 g/mol. The van der Waals surface area contributed by atoms with E-state index in [1.807, 2.05) is 32.0 Å². The van der Waals surface area contributed by atoms with E-state index in [1.54, 1.807) is 42.7 Å². The minimum atomic E-state index is -3.91. The summed E-state index contributed by atoms with van der Waals surface area (Å²) in [6, 6.07) is 17.3. The van der Waals surface area contributed by atoms with E-state index in [9.17, 15) is 13.2 Å². The van der Waals surface area contributed by atoms with Crippen LogP contribution in [0.4, 0.5) is 5.69 Å². The summed E-state index contributed by atoms with van der Waals surface area (Å²) in [6.07, 6.45) is 3.31. The van der Waals surface area contributed by atoms with Gasteiger partial charge in [-0.1, -0.05) is 36.4 Å². The molecule has 1 heterocycles. The van der Waals surface area contributed by atoms with Crippen molar-refractivity contribution in [3.05, 3.63) is 89.7 Å². The van der Waals surface area contributed by atoms with Gasteiger partial charge in [-0.2, -0.15) is 0 Å². The molecule has 3 rings (SSSR count). The number of benzene rings is 2. The lowest BCUT2D eigenvalue weighted by atomic mass is 10.1. The molecular weight excluding hydrogens is 386 g/mol. The molecule has 1 aromatic heterocycles. The normalized spacial score (nSPS) is 11.1. The van der Waals surface area contributed by atoms with E-state index >= 15 is 0 Å². The number of hydrogen-bond donors (Lipinski definition) is 1. The standard InChI is InChI=1S/C22H23N3O3S/c1-17-10-11-18(2)21(13-17)25(29(27,28)20-8-4-3-5-9-20)16-22(26)24-15-19-7-6-12-23-14-19/h3-14H,15-16H2,1-2H3,(H,24,26). The van der Waals surface area contributed by atoms with Gasteiger partial charge >= 0.3 is 0 Å². The lowest BCUT2D eigenvalue weighted by Gasteiger charge is -2.26. The minimum Gasteiger partial charge on any atom is -0.350 e. The highest BCUT2D eigenvalue weighted by atomic mass is 32.2. The summed E-state index contributed by atoms with van der Waals surface area (Å²) in [6.45, 7) is 3.68. The van der Waals surface area contributed by atoms with Crippen LogP contribution in [0.2, 0.25) is 0 Å². The van der Waals surface area contributed by atoms with Crippen LogP contribution in [0.15, 0.2) is 78.0 Å². The van der Waals surface area contributed by atoms with Gasteiger partial charge < -0.3 is 5.32 Å². The van der Waals surface area contributed by atoms with Crippen LogP contribution in [0, 0.1) is 13.8 Å². The summed E-state index contributed by atoms with van der Waals surface area (Å²) in [5.74, 6) is -0.394. The van der Waals surface area contributed by atoms with E-state index in [0.29, 0.717) is 5.69 Å². The Morgan fingerprint density at radius 2 is 1.79 bits per heavy atom. The monoisotopic (exact) mass is 409 g/mol. The van der Waals surface area contributed by atoms with Crippen molar-refractivity contribution in [1.82, 2.24) is 10.3 Å². The number of aryl methyl sites for hydroxylation is 2. The van der Waals surface area contributed by atoms with Crippen molar-refractivity contribution in [2.75, 3.05) is 10.8 Å². The van der Waals surface area contributed by atoms with Gasteiger partial charge in [-0.05, 0) is 54.8 Å². The molecule has 6 nitrogen and oxygen atoms in total. The van der Waals surface area contributed by atoms with Crippen molar-refractivity contribution < 1.29 is 13.2 Å². The molecule has 0 bridgehead atoms. The summed E-state index contributed by atoms with van der Waals surface area (Å²) < 4.78 is 27.9. The minimum absolute atomic E-state index is 0.140. The Morgan fingerprint density at radius 3 is 2.48 bits per heavy atom. The summed E-state index contributed by atoms with van der Waals surface area (Å²) in [7, 11) is -3.91. The highest BCUT2D eigenvalue weighted by molar-refractivity contribution is 7.92. The smallest absolute Gasteiger partial charge is 0.264 e. The zero-order chi connectivity index (χ0) is 20.9. The fourth-order valence-corrected chi connectivity index (χ4v) is 4.40. The lowest BCUT2D eigenvalue weighted by Crippen LogP contribution is -2.41. The van der Waals surface area contributed by atoms with Crippen molar-refractivity contribution in [2.24, 2.45) is 0 Å². The zero-order valence-electron chi connectivity index (χ0n) is 16.4. The maximum absolute atomic E-state index is 13.3. The molecule has 0 aliphatic rings. The number of nitrogens with one attached hydrogen (secondary N) is 1. The maximum Gasteiger partial charge on any atom is 0.264 e. The van der Waals surface area contributed by atoms with Gasteiger partial charge in [0.1, 0.15) is 6.54 Å². The van der Waals surface area contributed by atoms with E-state index in [4.69, 9.17) is 0 Å². The third kappa shape index (κ3) is 5.00. The molecule has 0 saturated heterocycles. The summed E-state index contributed by atoms with van der Waals surface area (Å²) in [5.41, 5.74) is 3.01. The molecule has 1 N–H and O–H groups in total. The Balaban J connectivity index is 1.91. The Hall–Kier alpha value is -3.19. The van der Waals surface area contributed by atoms with Gasteiger partial charge in [-0.25, -0.2) is 8.42 Å². The molecule has 0 unspecified atom stereocenters. The van der Waals surface area contributed by atoms with Crippen LogP contribution >= 0.6 is 0 Å². The van der Waals surface area contributed by atoms with Crippen molar-refractivity contribution >= 4 is 21.6 Å². The van der Waals surface area contributed by atoms with Crippen LogP contribution in [-0.2, 0) is 21.4 Å². The molecule has 0 aliphatic heterocycles. The number of aromatic nitrogens is 1. The molecule has 1 amide bonds. The van der Waals surface area contributed by atoms with Gasteiger partial charge in [-0.15, -0.1) is 0 Å². The molecule has 150 valence electrons. The van der Waals surface area contributed by atoms with Crippen molar-refractivity contribution in [3.63, 3.8) is 0 Å². The van der Waals surface area contributed by atoms with E-state index < -0.39 is 15.9 Å². The second-order valence-electron chi connectivity index (χ2n) is 6.75. The molecule has 7 heteroatoms. The Labute approximate surface area is 171 Å². The van der Waals surface area contributed by atoms with Crippen molar-refractivity contribution in [2.45, 2.75) is 25.3 Å². The second-order valence-corrected chi connectivity index (χ2v) is 8.61. The number of sulfonamides is 1. The molecular formula is C22H23N3O3S. The Kier molecular flexibility index (Phi) is 6.29. The first kappa shape index (κ1) is 20.5. The maximum atomic E-state index is 13.3. The molecule has 0 aliphatic carbocycles. The lowest BCUT2D eigenvalue weighted by molar-refractivity contribution is -0.119. The van der Waals surface area contributed by atoms with Crippen LogP contribution in [0.5, 0.6) is 0 Å². The molecule has 0 radical (unpaired) electrons. The fourth-order valence-electron chi connectivity index (χ4n) is 2.90. The average Bonchev–Trinajstić information content (AvgIpc) is 2.73. The molecule has 0 fully saturated rings. The number of carbonyl (C=O) groups excluding carboxylic acids is 1. The van der Waals surface area contributed by atoms with Crippen LogP contribution in [0.3, 0.4) is 0 Å². The topological polar surface area (TPSA) is 79.4 Å². The predicted octanol–water partition coefficient (Wildman–Crippen LogP) is 3.21. The number of amides is 1. The van der Waals surface area contributed by atoms with E-state index in [1.165, 1.54) is 16.4 Å². The highest BCUT2D eigenvalue weighted by Crippen LogP contribution is 2.27. The first-order valence-corrected chi connectivity index (χ1v) is 10.6. The summed E-state index contributed by atoms with van der Waals surface area (Å²) in [4.78, 5) is 16.8. The summed E-state index contributed by atoms with van der Waals surface area (Å²) in [5, 5.41) is 2.77. The van der Waals surface area contributed by atoms with Gasteiger partial charge in [0.25, 0.3) is 10.0 Å². The number of carbonyl (C=O) groups is 1. The van der Waals surface area contributed by atoms with E-state index in [-0.39, 0.29) is 18.0 Å². The fraction of sp³-hybridized carbons (Fsp3) is 0.182. The number of pyridine rings is 1. The van der Waals surface area contributed by atoms with Crippen LogP contribution in [0.25, 0.3) is 0 Å². The van der Waals surface area contributed by atoms with Crippen LogP contribution < -0.4 is 9.62 Å².